The van der Waals surface area contributed by atoms with Crippen molar-refractivity contribution in [1.82, 2.24) is 14.9 Å². The smallest absolute Gasteiger partial charge is 0.0893 e. The number of nitrogens with one attached hydrogen (secondary N) is 1. The maximum atomic E-state index is 3.98. The summed E-state index contributed by atoms with van der Waals surface area (Å²) in [7, 11) is 0. The molecule has 1 heterocycles. The second-order valence-corrected chi connectivity index (χ2v) is 3.85. The van der Waals surface area contributed by atoms with Crippen molar-refractivity contribution in [3.05, 3.63) is 23.2 Å². The molecule has 70 valence electrons. The second kappa shape index (κ2) is 4.48. The van der Waals surface area contributed by atoms with Gasteiger partial charge in [0.25, 0.3) is 0 Å². The van der Waals surface area contributed by atoms with Gasteiger partial charge in [-0.25, -0.2) is 0 Å². The highest BCUT2D eigenvalue weighted by Crippen LogP contribution is 2.10. The molecule has 0 spiro atoms. The zero-order valence-corrected chi connectivity index (χ0v) is 8.26. The molecule has 1 N–H and O–H groups in total. The lowest BCUT2D eigenvalue weighted by molar-refractivity contribution is 0.518. The average Bonchev–Trinajstić information content (AvgIpc) is 2.69. The number of hydrogen-bond donors (Lipinski definition) is 1. The third-order valence-corrected chi connectivity index (χ3v) is 2.76. The van der Waals surface area contributed by atoms with E-state index in [0.717, 1.165) is 12.2 Å². The molecule has 0 aliphatic heterocycles. The van der Waals surface area contributed by atoms with Crippen LogP contribution in [0.15, 0.2) is 17.5 Å². The van der Waals surface area contributed by atoms with Crippen LogP contribution in [-0.4, -0.2) is 15.6 Å². The first kappa shape index (κ1) is 8.84. The third kappa shape index (κ3) is 2.60. The Kier molecular flexibility index (Phi) is 3.05. The van der Waals surface area contributed by atoms with E-state index in [1.54, 1.807) is 0 Å². The molecule has 0 radical (unpaired) electrons. The van der Waals surface area contributed by atoms with E-state index >= 15 is 0 Å². The fourth-order valence-corrected chi connectivity index (χ4v) is 1.93. The summed E-state index contributed by atoms with van der Waals surface area (Å²) >= 11 is 1.41. The van der Waals surface area contributed by atoms with Crippen LogP contribution >= 0.6 is 11.5 Å². The van der Waals surface area contributed by atoms with Gasteiger partial charge in [0.1, 0.15) is 0 Å². The average molecular weight is 195 g/mol. The standard InChI is InChI=1S/C9H13N3S/c1-2-4-8(5-3-1)10-6-9-7-13-12-11-9/h2,4,7-8,10H,1,3,5-6H2. The highest BCUT2D eigenvalue weighted by Gasteiger charge is 2.07. The van der Waals surface area contributed by atoms with Crippen LogP contribution in [0.25, 0.3) is 0 Å². The van der Waals surface area contributed by atoms with Gasteiger partial charge in [-0.2, -0.15) is 0 Å². The molecule has 1 unspecified atom stereocenters. The van der Waals surface area contributed by atoms with E-state index in [2.05, 4.69) is 27.1 Å². The van der Waals surface area contributed by atoms with Gasteiger partial charge in [-0.1, -0.05) is 16.6 Å². The Bertz CT molecular complexity index is 268. The van der Waals surface area contributed by atoms with Crippen LogP contribution in [-0.2, 0) is 6.54 Å². The molecule has 1 aromatic rings. The highest BCUT2D eigenvalue weighted by molar-refractivity contribution is 7.03. The van der Waals surface area contributed by atoms with Crippen LogP contribution in [0.1, 0.15) is 25.0 Å². The molecule has 0 aromatic carbocycles. The fourth-order valence-electron chi connectivity index (χ4n) is 1.48. The van der Waals surface area contributed by atoms with Gasteiger partial charge in [-0.05, 0) is 30.8 Å². The molecule has 1 aliphatic rings. The van der Waals surface area contributed by atoms with Crippen molar-refractivity contribution in [3.8, 4) is 0 Å². The minimum atomic E-state index is 0.537. The first-order valence-corrected chi connectivity index (χ1v) is 5.45. The van der Waals surface area contributed by atoms with Gasteiger partial charge in [0.05, 0.1) is 5.69 Å². The second-order valence-electron chi connectivity index (χ2n) is 3.24. The van der Waals surface area contributed by atoms with E-state index in [-0.39, 0.29) is 0 Å². The summed E-state index contributed by atoms with van der Waals surface area (Å²) in [5.41, 5.74) is 1.05. The Labute approximate surface area is 82.0 Å². The summed E-state index contributed by atoms with van der Waals surface area (Å²) in [5.74, 6) is 0. The number of rotatable bonds is 3. The molecule has 0 bridgehead atoms. The van der Waals surface area contributed by atoms with Gasteiger partial charge in [0.15, 0.2) is 0 Å². The lowest BCUT2D eigenvalue weighted by Gasteiger charge is -2.16. The van der Waals surface area contributed by atoms with Gasteiger partial charge in [0.2, 0.25) is 0 Å². The Morgan fingerprint density at radius 3 is 3.31 bits per heavy atom. The topological polar surface area (TPSA) is 37.8 Å². The maximum Gasteiger partial charge on any atom is 0.0893 e. The van der Waals surface area contributed by atoms with Crippen molar-refractivity contribution >= 4 is 11.5 Å². The number of hydrogen-bond acceptors (Lipinski definition) is 4. The highest BCUT2D eigenvalue weighted by atomic mass is 32.1. The van der Waals surface area contributed by atoms with Crippen LogP contribution in [0, 0.1) is 0 Å². The SMILES string of the molecule is C1=CC(NCc2csnn2)CCC1. The van der Waals surface area contributed by atoms with Crippen molar-refractivity contribution in [2.24, 2.45) is 0 Å². The summed E-state index contributed by atoms with van der Waals surface area (Å²) in [6.45, 7) is 0.839. The van der Waals surface area contributed by atoms with E-state index in [9.17, 15) is 0 Å². The van der Waals surface area contributed by atoms with Gasteiger partial charge in [0, 0.05) is 18.0 Å². The lowest BCUT2D eigenvalue weighted by atomic mass is 10.0. The van der Waals surface area contributed by atoms with Crippen LogP contribution in [0.2, 0.25) is 0 Å². The Morgan fingerprint density at radius 1 is 1.62 bits per heavy atom. The minimum absolute atomic E-state index is 0.537. The summed E-state index contributed by atoms with van der Waals surface area (Å²) in [4.78, 5) is 0. The lowest BCUT2D eigenvalue weighted by Crippen LogP contribution is -2.27. The minimum Gasteiger partial charge on any atom is -0.305 e. The summed E-state index contributed by atoms with van der Waals surface area (Å²) in [5, 5.41) is 9.41. The number of allylic oxidation sites excluding steroid dienone is 1. The zero-order chi connectivity index (χ0) is 8.93. The van der Waals surface area contributed by atoms with E-state index in [1.807, 2.05) is 5.38 Å². The molecule has 0 fully saturated rings. The van der Waals surface area contributed by atoms with Crippen molar-refractivity contribution in [2.75, 3.05) is 0 Å². The van der Waals surface area contributed by atoms with E-state index in [4.69, 9.17) is 0 Å². The molecular weight excluding hydrogens is 182 g/mol. The summed E-state index contributed by atoms with van der Waals surface area (Å²) in [6, 6.07) is 0.537. The van der Waals surface area contributed by atoms with Crippen LogP contribution < -0.4 is 5.32 Å². The Balaban J connectivity index is 1.79. The molecular formula is C9H13N3S. The predicted octanol–water partition coefficient (Wildman–Crippen LogP) is 1.74. The van der Waals surface area contributed by atoms with Gasteiger partial charge in [-0.15, -0.1) is 5.10 Å². The van der Waals surface area contributed by atoms with Crippen LogP contribution in [0.4, 0.5) is 0 Å². The molecule has 3 nitrogen and oxygen atoms in total. The largest absolute Gasteiger partial charge is 0.305 e. The predicted molar refractivity (Wildman–Crippen MR) is 53.5 cm³/mol. The first-order valence-electron chi connectivity index (χ1n) is 4.61. The summed E-state index contributed by atoms with van der Waals surface area (Å²) in [6.07, 6.45) is 8.28. The van der Waals surface area contributed by atoms with E-state index in [0.29, 0.717) is 6.04 Å². The normalized spacial score (nSPS) is 22.0. The zero-order valence-electron chi connectivity index (χ0n) is 7.44. The number of aromatic nitrogens is 2. The molecule has 0 amide bonds. The summed E-state index contributed by atoms with van der Waals surface area (Å²) < 4.78 is 3.82. The van der Waals surface area contributed by atoms with Crippen molar-refractivity contribution in [3.63, 3.8) is 0 Å². The van der Waals surface area contributed by atoms with Gasteiger partial charge in [-0.3, -0.25) is 0 Å². The molecule has 1 aliphatic carbocycles. The maximum absolute atomic E-state index is 3.98. The molecule has 1 aromatic heterocycles. The van der Waals surface area contributed by atoms with Crippen molar-refractivity contribution < 1.29 is 0 Å². The van der Waals surface area contributed by atoms with Crippen LogP contribution in [0.5, 0.6) is 0 Å². The molecule has 13 heavy (non-hydrogen) atoms. The number of nitrogens with zero attached hydrogens (tertiary/aromatic N) is 2. The van der Waals surface area contributed by atoms with Crippen molar-refractivity contribution in [1.29, 1.82) is 0 Å². The molecule has 1 atom stereocenters. The van der Waals surface area contributed by atoms with Crippen molar-refractivity contribution in [2.45, 2.75) is 31.8 Å². The van der Waals surface area contributed by atoms with Gasteiger partial charge < -0.3 is 5.32 Å². The van der Waals surface area contributed by atoms with Crippen LogP contribution in [0.3, 0.4) is 0 Å². The fraction of sp³-hybridized carbons (Fsp3) is 0.556. The van der Waals surface area contributed by atoms with E-state index in [1.165, 1.54) is 30.8 Å². The quantitative estimate of drug-likeness (QED) is 0.746. The molecule has 0 saturated carbocycles. The monoisotopic (exact) mass is 195 g/mol. The molecule has 4 heteroatoms. The third-order valence-electron chi connectivity index (χ3n) is 2.20. The Morgan fingerprint density at radius 2 is 2.62 bits per heavy atom. The Hall–Kier alpha value is -0.740. The van der Waals surface area contributed by atoms with Gasteiger partial charge >= 0.3 is 0 Å². The molecule has 0 saturated heterocycles. The molecule has 2 rings (SSSR count). The van der Waals surface area contributed by atoms with E-state index < -0.39 is 0 Å². The first-order chi connectivity index (χ1) is 6.45.